The van der Waals surface area contributed by atoms with E-state index in [1.807, 2.05) is 12.2 Å². The second-order valence-corrected chi connectivity index (χ2v) is 7.75. The first-order valence-corrected chi connectivity index (χ1v) is 7.82. The normalized spacial score (nSPS) is 41.6. The molecule has 3 aliphatic rings. The first-order valence-electron chi connectivity index (χ1n) is 6.17. The van der Waals surface area contributed by atoms with E-state index in [4.69, 9.17) is 0 Å². The highest BCUT2D eigenvalue weighted by molar-refractivity contribution is 7.93. The number of hydrogen-bond acceptors (Lipinski definition) is 4. The van der Waals surface area contributed by atoms with Crippen LogP contribution in [0.15, 0.2) is 17.3 Å². The second-order valence-electron chi connectivity index (χ2n) is 5.23. The maximum Gasteiger partial charge on any atom is 0.248 e. The molecule has 2 bridgehead atoms. The minimum absolute atomic E-state index is 0.0398. The number of sulfone groups is 1. The van der Waals surface area contributed by atoms with Crippen LogP contribution in [0.3, 0.4) is 0 Å². The Morgan fingerprint density at radius 3 is 2.89 bits per heavy atom. The summed E-state index contributed by atoms with van der Waals surface area (Å²) in [5.74, 6) is -0.674. The highest BCUT2D eigenvalue weighted by atomic mass is 32.2. The standard InChI is InChI=1S/C12H16N2O3S/c1-3-18(16,17)12-7-13-14(2)11(15)10(12)8-4-5-9(12)6-8/h4-5,7-10H,3,6H2,1-2H3/t8-,9+,10+,12-/m0/s1. The topological polar surface area (TPSA) is 66.8 Å². The number of hydrogen-bond donors (Lipinski definition) is 0. The molecule has 0 aromatic rings. The van der Waals surface area contributed by atoms with Crippen LogP contribution in [0.1, 0.15) is 13.3 Å². The van der Waals surface area contributed by atoms with E-state index in [1.165, 1.54) is 11.2 Å². The van der Waals surface area contributed by atoms with E-state index in [-0.39, 0.29) is 23.5 Å². The van der Waals surface area contributed by atoms with Crippen LogP contribution in [0.4, 0.5) is 0 Å². The zero-order valence-electron chi connectivity index (χ0n) is 10.4. The van der Waals surface area contributed by atoms with Crippen LogP contribution in [0.5, 0.6) is 0 Å². The molecule has 1 aliphatic heterocycles. The van der Waals surface area contributed by atoms with E-state index >= 15 is 0 Å². The zero-order chi connectivity index (χ0) is 13.1. The van der Waals surface area contributed by atoms with Gasteiger partial charge in [-0.3, -0.25) is 4.79 Å². The molecule has 0 aromatic carbocycles. The van der Waals surface area contributed by atoms with Gasteiger partial charge in [-0.15, -0.1) is 0 Å². The Kier molecular flexibility index (Phi) is 2.27. The molecule has 1 heterocycles. The maximum absolute atomic E-state index is 12.5. The number of amides is 1. The number of carbonyl (C=O) groups is 1. The summed E-state index contributed by atoms with van der Waals surface area (Å²) in [6.07, 6.45) is 6.18. The first kappa shape index (κ1) is 11.9. The van der Waals surface area contributed by atoms with Crippen LogP contribution in [-0.2, 0) is 14.6 Å². The highest BCUT2D eigenvalue weighted by Crippen LogP contribution is 2.55. The number of allylic oxidation sites excluding steroid dienone is 2. The molecule has 98 valence electrons. The number of nitrogens with zero attached hydrogens (tertiary/aromatic N) is 2. The van der Waals surface area contributed by atoms with Crippen molar-refractivity contribution in [3.63, 3.8) is 0 Å². The van der Waals surface area contributed by atoms with Crippen LogP contribution in [0.25, 0.3) is 0 Å². The molecule has 3 rings (SSSR count). The van der Waals surface area contributed by atoms with Gasteiger partial charge in [-0.05, 0) is 12.3 Å². The average molecular weight is 268 g/mol. The molecule has 5 nitrogen and oxygen atoms in total. The number of fused-ring (bicyclic) bond motifs is 5. The number of hydrazone groups is 1. The Balaban J connectivity index is 2.24. The molecule has 0 saturated heterocycles. The van der Waals surface area contributed by atoms with E-state index in [2.05, 4.69) is 5.10 Å². The van der Waals surface area contributed by atoms with Gasteiger partial charge in [-0.2, -0.15) is 5.10 Å². The third-order valence-electron chi connectivity index (χ3n) is 4.55. The zero-order valence-corrected chi connectivity index (χ0v) is 11.2. The van der Waals surface area contributed by atoms with Gasteiger partial charge in [0.1, 0.15) is 4.75 Å². The molecule has 0 spiro atoms. The van der Waals surface area contributed by atoms with Crippen LogP contribution >= 0.6 is 0 Å². The summed E-state index contributed by atoms with van der Waals surface area (Å²) in [6, 6.07) is 0. The van der Waals surface area contributed by atoms with Crippen molar-refractivity contribution in [2.75, 3.05) is 12.8 Å². The van der Waals surface area contributed by atoms with E-state index in [0.29, 0.717) is 0 Å². The lowest BCUT2D eigenvalue weighted by Gasteiger charge is -2.40. The fraction of sp³-hybridized carbons (Fsp3) is 0.667. The second kappa shape index (κ2) is 3.44. The summed E-state index contributed by atoms with van der Waals surface area (Å²) in [4.78, 5) is 12.3. The third-order valence-corrected chi connectivity index (χ3v) is 7.05. The van der Waals surface area contributed by atoms with Crippen LogP contribution in [0.2, 0.25) is 0 Å². The van der Waals surface area contributed by atoms with Crippen molar-refractivity contribution in [1.29, 1.82) is 0 Å². The molecule has 2 aliphatic carbocycles. The lowest BCUT2D eigenvalue weighted by atomic mass is 9.81. The lowest BCUT2D eigenvalue weighted by molar-refractivity contribution is -0.136. The van der Waals surface area contributed by atoms with Crippen molar-refractivity contribution in [1.82, 2.24) is 5.01 Å². The summed E-state index contributed by atoms with van der Waals surface area (Å²) in [6.45, 7) is 1.63. The van der Waals surface area contributed by atoms with Crippen molar-refractivity contribution in [3.8, 4) is 0 Å². The van der Waals surface area contributed by atoms with E-state index in [9.17, 15) is 13.2 Å². The Labute approximate surface area is 106 Å². The van der Waals surface area contributed by atoms with Crippen LogP contribution < -0.4 is 0 Å². The van der Waals surface area contributed by atoms with Gasteiger partial charge in [-0.1, -0.05) is 19.1 Å². The van der Waals surface area contributed by atoms with E-state index < -0.39 is 20.5 Å². The monoisotopic (exact) mass is 268 g/mol. The minimum atomic E-state index is -3.35. The Morgan fingerprint density at radius 2 is 2.22 bits per heavy atom. The molecule has 1 fully saturated rings. The third kappa shape index (κ3) is 1.14. The fourth-order valence-electron chi connectivity index (χ4n) is 3.62. The summed E-state index contributed by atoms with van der Waals surface area (Å²) < 4.78 is 23.9. The van der Waals surface area contributed by atoms with Gasteiger partial charge in [0, 0.05) is 24.9 Å². The van der Waals surface area contributed by atoms with Gasteiger partial charge in [0.2, 0.25) is 5.91 Å². The molecule has 4 atom stereocenters. The van der Waals surface area contributed by atoms with Gasteiger partial charge in [0.05, 0.1) is 5.92 Å². The van der Waals surface area contributed by atoms with Gasteiger partial charge in [0.15, 0.2) is 9.84 Å². The molecule has 0 unspecified atom stereocenters. The maximum atomic E-state index is 12.5. The summed E-state index contributed by atoms with van der Waals surface area (Å²) in [5.41, 5.74) is 0. The largest absolute Gasteiger partial charge is 0.273 e. The molecule has 6 heteroatoms. The molecular weight excluding hydrogens is 252 g/mol. The minimum Gasteiger partial charge on any atom is -0.273 e. The van der Waals surface area contributed by atoms with Crippen molar-refractivity contribution >= 4 is 22.0 Å². The van der Waals surface area contributed by atoms with Crippen LogP contribution in [-0.4, -0.2) is 43.1 Å². The van der Waals surface area contributed by atoms with Gasteiger partial charge in [-0.25, -0.2) is 13.4 Å². The van der Waals surface area contributed by atoms with E-state index in [1.54, 1.807) is 14.0 Å². The smallest absolute Gasteiger partial charge is 0.248 e. The molecular formula is C12H16N2O3S. The predicted octanol–water partition coefficient (Wildman–Crippen LogP) is 0.440. The van der Waals surface area contributed by atoms with Gasteiger partial charge < -0.3 is 0 Å². The number of rotatable bonds is 2. The Bertz CT molecular complexity index is 566. The van der Waals surface area contributed by atoms with Crippen molar-refractivity contribution in [3.05, 3.63) is 12.2 Å². The molecule has 18 heavy (non-hydrogen) atoms. The predicted molar refractivity (Wildman–Crippen MR) is 67.7 cm³/mol. The highest BCUT2D eigenvalue weighted by Gasteiger charge is 2.66. The quantitative estimate of drug-likeness (QED) is 0.682. The summed E-state index contributed by atoms with van der Waals surface area (Å²) in [5, 5.41) is 5.27. The molecule has 1 amide bonds. The van der Waals surface area contributed by atoms with Crippen molar-refractivity contribution < 1.29 is 13.2 Å². The SMILES string of the molecule is CCS(=O)(=O)[C@]12C=NN(C)C(=O)[C@H]1[C@H]1C=C[C@@H]2C1. The number of carbonyl (C=O) groups excluding carboxylic acids is 1. The Hall–Kier alpha value is -1.17. The molecule has 0 radical (unpaired) electrons. The summed E-state index contributed by atoms with van der Waals surface area (Å²) in [7, 11) is -1.77. The summed E-state index contributed by atoms with van der Waals surface area (Å²) >= 11 is 0. The molecule has 0 N–H and O–H groups in total. The van der Waals surface area contributed by atoms with Crippen molar-refractivity contribution in [2.45, 2.75) is 18.1 Å². The molecule has 0 aromatic heterocycles. The average Bonchev–Trinajstić information content (AvgIpc) is 2.93. The first-order chi connectivity index (χ1) is 8.44. The van der Waals surface area contributed by atoms with E-state index in [0.717, 1.165) is 6.42 Å². The van der Waals surface area contributed by atoms with Crippen molar-refractivity contribution in [2.24, 2.45) is 22.9 Å². The fourth-order valence-corrected chi connectivity index (χ4v) is 5.62. The Morgan fingerprint density at radius 1 is 1.50 bits per heavy atom. The van der Waals surface area contributed by atoms with Gasteiger partial charge in [0.25, 0.3) is 0 Å². The van der Waals surface area contributed by atoms with Crippen LogP contribution in [0, 0.1) is 17.8 Å². The lowest BCUT2D eigenvalue weighted by Crippen LogP contribution is -2.58. The van der Waals surface area contributed by atoms with Gasteiger partial charge >= 0.3 is 0 Å². The molecule has 1 saturated carbocycles.